The minimum absolute atomic E-state index is 0.322. The van der Waals surface area contributed by atoms with Gasteiger partial charge < -0.3 is 4.42 Å². The number of pyridine rings is 2. The van der Waals surface area contributed by atoms with Gasteiger partial charge in [0.1, 0.15) is 12.6 Å². The Morgan fingerprint density at radius 1 is 1.18 bits per heavy atom. The molecule has 0 saturated carbocycles. The molecule has 0 aliphatic heterocycles. The van der Waals surface area contributed by atoms with Crippen LogP contribution in [0.1, 0.15) is 15.2 Å². The van der Waals surface area contributed by atoms with Gasteiger partial charge in [-0.15, -0.1) is 0 Å². The SMILES string of the molecule is [2H]C([2H])([2H])c1ccc(-c2c(C)ccc3oc4ncccc4c23)[n+](C)c1. The van der Waals surface area contributed by atoms with E-state index in [1.54, 1.807) is 18.5 Å². The Morgan fingerprint density at radius 3 is 2.91 bits per heavy atom. The fourth-order valence-corrected chi connectivity index (χ4v) is 3.00. The van der Waals surface area contributed by atoms with Crippen LogP contribution < -0.4 is 4.57 Å². The maximum atomic E-state index is 7.60. The smallest absolute Gasteiger partial charge is 0.227 e. The summed E-state index contributed by atoms with van der Waals surface area (Å²) in [7, 11) is 1.86. The summed E-state index contributed by atoms with van der Waals surface area (Å²) in [5.41, 5.74) is 4.75. The summed E-state index contributed by atoms with van der Waals surface area (Å²) in [4.78, 5) is 4.30. The van der Waals surface area contributed by atoms with Crippen molar-refractivity contribution in [1.82, 2.24) is 4.98 Å². The minimum Gasteiger partial charge on any atom is -0.438 e. The molecular formula is C19H17N2O+. The first-order valence-corrected chi connectivity index (χ1v) is 7.13. The number of aromatic nitrogens is 2. The van der Waals surface area contributed by atoms with E-state index in [4.69, 9.17) is 8.53 Å². The summed E-state index contributed by atoms with van der Waals surface area (Å²) < 4.78 is 30.5. The first-order valence-electron chi connectivity index (χ1n) is 8.63. The summed E-state index contributed by atoms with van der Waals surface area (Å²) in [6.45, 7) is -0.0781. The fraction of sp³-hybridized carbons (Fsp3) is 0.158. The highest BCUT2D eigenvalue weighted by Gasteiger charge is 2.20. The lowest BCUT2D eigenvalue weighted by Gasteiger charge is -2.06. The van der Waals surface area contributed by atoms with Gasteiger partial charge >= 0.3 is 0 Å². The third-order valence-electron chi connectivity index (χ3n) is 4.01. The number of benzene rings is 1. The second kappa shape index (κ2) is 4.67. The largest absolute Gasteiger partial charge is 0.438 e. The van der Waals surface area contributed by atoms with Gasteiger partial charge in [0.2, 0.25) is 11.4 Å². The van der Waals surface area contributed by atoms with Gasteiger partial charge in [-0.25, -0.2) is 9.55 Å². The maximum absolute atomic E-state index is 7.60. The van der Waals surface area contributed by atoms with E-state index in [-0.39, 0.29) is 0 Å². The molecule has 0 atom stereocenters. The van der Waals surface area contributed by atoms with E-state index < -0.39 is 6.85 Å². The number of fused-ring (bicyclic) bond motifs is 3. The van der Waals surface area contributed by atoms with Crippen LogP contribution in [0.15, 0.2) is 53.2 Å². The summed E-state index contributed by atoms with van der Waals surface area (Å²) in [5.74, 6) is 0. The first kappa shape index (κ1) is 10.1. The van der Waals surface area contributed by atoms with Crippen molar-refractivity contribution in [2.24, 2.45) is 7.05 Å². The Morgan fingerprint density at radius 2 is 2.09 bits per heavy atom. The molecule has 3 nitrogen and oxygen atoms in total. The van der Waals surface area contributed by atoms with E-state index in [0.29, 0.717) is 11.3 Å². The molecule has 3 aromatic heterocycles. The van der Waals surface area contributed by atoms with Crippen molar-refractivity contribution < 1.29 is 13.1 Å². The van der Waals surface area contributed by atoms with Crippen molar-refractivity contribution in [3.05, 3.63) is 59.9 Å². The molecule has 4 aromatic rings. The van der Waals surface area contributed by atoms with Crippen LogP contribution in [0.5, 0.6) is 0 Å². The van der Waals surface area contributed by atoms with Gasteiger partial charge in [0.25, 0.3) is 0 Å². The molecule has 0 fully saturated rings. The summed E-state index contributed by atoms with van der Waals surface area (Å²) in [5, 5.41) is 1.96. The molecule has 1 aromatic carbocycles. The van der Waals surface area contributed by atoms with Crippen molar-refractivity contribution in [2.75, 3.05) is 0 Å². The molecule has 22 heavy (non-hydrogen) atoms. The van der Waals surface area contributed by atoms with Crippen LogP contribution in [0, 0.1) is 13.8 Å². The molecule has 3 heterocycles. The number of aryl methyl sites for hydroxylation is 3. The van der Waals surface area contributed by atoms with Gasteiger partial charge in [0.05, 0.1) is 5.56 Å². The van der Waals surface area contributed by atoms with Crippen molar-refractivity contribution in [1.29, 1.82) is 0 Å². The van der Waals surface area contributed by atoms with Crippen LogP contribution in [0.25, 0.3) is 33.3 Å². The quantitative estimate of drug-likeness (QED) is 0.495. The van der Waals surface area contributed by atoms with Crippen LogP contribution in [-0.4, -0.2) is 4.98 Å². The Balaban J connectivity index is 2.06. The standard InChI is InChI=1S/C19H17N2O/c1-12-6-8-15(21(3)11-12)17-13(2)7-9-16-18(17)14-5-4-10-20-19(14)22-16/h4-11H,1-3H3/q+1/i1D3. The lowest BCUT2D eigenvalue weighted by molar-refractivity contribution is -0.660. The maximum Gasteiger partial charge on any atom is 0.227 e. The highest BCUT2D eigenvalue weighted by atomic mass is 16.3. The fourth-order valence-electron chi connectivity index (χ4n) is 3.00. The molecule has 0 amide bonds. The average molecular weight is 292 g/mol. The van der Waals surface area contributed by atoms with Crippen LogP contribution in [0.3, 0.4) is 0 Å². The third-order valence-corrected chi connectivity index (χ3v) is 4.01. The van der Waals surface area contributed by atoms with E-state index in [1.165, 1.54) is 0 Å². The van der Waals surface area contributed by atoms with E-state index in [2.05, 4.69) is 4.98 Å². The predicted octanol–water partition coefficient (Wildman–Crippen LogP) is 4.09. The van der Waals surface area contributed by atoms with Gasteiger partial charge in [0, 0.05) is 32.7 Å². The van der Waals surface area contributed by atoms with Crippen molar-refractivity contribution in [2.45, 2.75) is 13.8 Å². The van der Waals surface area contributed by atoms with E-state index in [1.807, 2.05) is 48.9 Å². The van der Waals surface area contributed by atoms with Crippen LogP contribution in [-0.2, 0) is 7.05 Å². The normalized spacial score (nSPS) is 14.0. The Kier molecular flexibility index (Phi) is 2.15. The summed E-state index contributed by atoms with van der Waals surface area (Å²) in [6, 6.07) is 11.4. The summed E-state index contributed by atoms with van der Waals surface area (Å²) >= 11 is 0. The Hall–Kier alpha value is -2.68. The van der Waals surface area contributed by atoms with Gasteiger partial charge in [-0.3, -0.25) is 0 Å². The van der Waals surface area contributed by atoms with Crippen LogP contribution >= 0.6 is 0 Å². The van der Waals surface area contributed by atoms with Gasteiger partial charge in [-0.1, -0.05) is 6.07 Å². The molecule has 4 rings (SSSR count). The minimum atomic E-state index is -2.12. The third kappa shape index (κ3) is 1.82. The number of hydrogen-bond donors (Lipinski definition) is 0. The summed E-state index contributed by atoms with van der Waals surface area (Å²) in [6.07, 6.45) is 3.38. The van der Waals surface area contributed by atoms with Crippen molar-refractivity contribution in [3.8, 4) is 11.3 Å². The van der Waals surface area contributed by atoms with Gasteiger partial charge in [0.15, 0.2) is 6.20 Å². The molecule has 0 radical (unpaired) electrons. The Labute approximate surface area is 133 Å². The van der Waals surface area contributed by atoms with E-state index >= 15 is 0 Å². The molecule has 0 bridgehead atoms. The zero-order chi connectivity index (χ0) is 17.8. The Bertz CT molecular complexity index is 1110. The zero-order valence-electron chi connectivity index (χ0n) is 15.4. The van der Waals surface area contributed by atoms with Crippen LogP contribution in [0.2, 0.25) is 0 Å². The van der Waals surface area contributed by atoms with E-state index in [0.717, 1.165) is 33.2 Å². The molecule has 0 spiro atoms. The predicted molar refractivity (Wildman–Crippen MR) is 87.6 cm³/mol. The molecule has 3 heteroatoms. The van der Waals surface area contributed by atoms with Gasteiger partial charge in [-0.05, 0) is 43.6 Å². The molecular weight excluding hydrogens is 272 g/mol. The lowest BCUT2D eigenvalue weighted by atomic mass is 9.98. The number of rotatable bonds is 1. The number of nitrogens with zero attached hydrogens (tertiary/aromatic N) is 2. The number of hydrogen-bond acceptors (Lipinski definition) is 2. The second-order valence-corrected chi connectivity index (χ2v) is 5.50. The van der Waals surface area contributed by atoms with Crippen molar-refractivity contribution >= 4 is 22.1 Å². The highest BCUT2D eigenvalue weighted by Crippen LogP contribution is 2.36. The highest BCUT2D eigenvalue weighted by molar-refractivity contribution is 6.11. The van der Waals surface area contributed by atoms with Crippen molar-refractivity contribution in [3.63, 3.8) is 0 Å². The molecule has 0 N–H and O–H groups in total. The first-order chi connectivity index (χ1) is 11.9. The van der Waals surface area contributed by atoms with Crippen LogP contribution in [0.4, 0.5) is 0 Å². The molecule has 0 unspecified atom stereocenters. The average Bonchev–Trinajstić information content (AvgIpc) is 2.93. The molecule has 0 aliphatic rings. The molecule has 0 aliphatic carbocycles. The second-order valence-electron chi connectivity index (χ2n) is 5.50. The van der Waals surface area contributed by atoms with E-state index in [9.17, 15) is 0 Å². The molecule has 0 saturated heterocycles. The van der Waals surface area contributed by atoms with Gasteiger partial charge in [-0.2, -0.15) is 0 Å². The number of furan rings is 1. The monoisotopic (exact) mass is 292 g/mol. The topological polar surface area (TPSA) is 29.9 Å². The molecule has 108 valence electrons. The zero-order valence-corrected chi connectivity index (χ0v) is 12.4. The lowest BCUT2D eigenvalue weighted by Crippen LogP contribution is -2.31.